The monoisotopic (exact) mass is 253 g/mol. The van der Waals surface area contributed by atoms with Gasteiger partial charge in [0.05, 0.1) is 6.26 Å². The van der Waals surface area contributed by atoms with Crippen LogP contribution < -0.4 is 5.32 Å². The van der Waals surface area contributed by atoms with E-state index in [9.17, 15) is 4.79 Å². The third kappa shape index (κ3) is 4.68. The summed E-state index contributed by atoms with van der Waals surface area (Å²) in [6, 6.07) is 19.1. The molecule has 96 valence electrons. The molecule has 0 unspecified atom stereocenters. The Labute approximate surface area is 112 Å². The van der Waals surface area contributed by atoms with Gasteiger partial charge < -0.3 is 10.1 Å². The Morgan fingerprint density at radius 3 is 2.32 bits per heavy atom. The fraction of sp³-hybridized carbons (Fsp3) is 0.0625. The molecule has 0 saturated heterocycles. The zero-order chi connectivity index (χ0) is 13.3. The number of hydrogen-bond donors (Lipinski definition) is 1. The Bertz CT molecular complexity index is 535. The molecule has 0 fully saturated rings. The van der Waals surface area contributed by atoms with Gasteiger partial charge in [-0.1, -0.05) is 48.5 Å². The van der Waals surface area contributed by atoms with Crippen LogP contribution in [0.3, 0.4) is 0 Å². The van der Waals surface area contributed by atoms with Crippen LogP contribution >= 0.6 is 0 Å². The standard InChI is InChI=1S/C16H15NO2/c18-16(17-15-9-5-2-6-10-15)11-12-19-13-14-7-3-1-4-8-14/h1-12H,13H2,(H,17,18). The summed E-state index contributed by atoms with van der Waals surface area (Å²) >= 11 is 0. The number of rotatable bonds is 5. The van der Waals surface area contributed by atoms with E-state index in [0.717, 1.165) is 11.3 Å². The van der Waals surface area contributed by atoms with Crippen LogP contribution in [0, 0.1) is 0 Å². The maximum absolute atomic E-state index is 11.5. The minimum Gasteiger partial charge on any atom is -0.496 e. The van der Waals surface area contributed by atoms with Gasteiger partial charge in [-0.05, 0) is 17.7 Å². The van der Waals surface area contributed by atoms with E-state index >= 15 is 0 Å². The second-order valence-corrected chi connectivity index (χ2v) is 3.95. The summed E-state index contributed by atoms with van der Waals surface area (Å²) < 4.78 is 5.29. The summed E-state index contributed by atoms with van der Waals surface area (Å²) in [5.74, 6) is -0.209. The van der Waals surface area contributed by atoms with E-state index in [0.29, 0.717) is 6.61 Å². The molecule has 1 N–H and O–H groups in total. The van der Waals surface area contributed by atoms with Crippen LogP contribution in [-0.4, -0.2) is 5.91 Å². The van der Waals surface area contributed by atoms with Crippen molar-refractivity contribution >= 4 is 11.6 Å². The van der Waals surface area contributed by atoms with Gasteiger partial charge >= 0.3 is 0 Å². The molecule has 1 amide bonds. The number of carbonyl (C=O) groups excluding carboxylic acids is 1. The summed E-state index contributed by atoms with van der Waals surface area (Å²) in [5, 5.41) is 2.73. The number of ether oxygens (including phenoxy) is 1. The first-order chi connectivity index (χ1) is 9.34. The summed E-state index contributed by atoms with van der Waals surface area (Å²) in [5.41, 5.74) is 1.83. The van der Waals surface area contributed by atoms with Crippen LogP contribution in [0.15, 0.2) is 73.0 Å². The Kier molecular flexibility index (Phi) is 4.76. The van der Waals surface area contributed by atoms with Crippen molar-refractivity contribution < 1.29 is 9.53 Å². The average molecular weight is 253 g/mol. The fourth-order valence-corrected chi connectivity index (χ4v) is 1.53. The maximum atomic E-state index is 11.5. The Balaban J connectivity index is 1.75. The van der Waals surface area contributed by atoms with Gasteiger partial charge in [-0.2, -0.15) is 0 Å². The van der Waals surface area contributed by atoms with Crippen molar-refractivity contribution in [2.75, 3.05) is 5.32 Å². The molecule has 0 aromatic heterocycles. The zero-order valence-corrected chi connectivity index (χ0v) is 10.5. The number of amides is 1. The highest BCUT2D eigenvalue weighted by molar-refractivity contribution is 5.99. The highest BCUT2D eigenvalue weighted by atomic mass is 16.5. The lowest BCUT2D eigenvalue weighted by molar-refractivity contribution is -0.112. The van der Waals surface area contributed by atoms with Gasteiger partial charge in [-0.15, -0.1) is 0 Å². The van der Waals surface area contributed by atoms with Crippen molar-refractivity contribution in [1.82, 2.24) is 0 Å². The lowest BCUT2D eigenvalue weighted by atomic mass is 10.2. The van der Waals surface area contributed by atoms with Crippen molar-refractivity contribution in [2.24, 2.45) is 0 Å². The molecule has 3 heteroatoms. The first-order valence-electron chi connectivity index (χ1n) is 6.03. The first kappa shape index (κ1) is 12.9. The molecule has 0 atom stereocenters. The second-order valence-electron chi connectivity index (χ2n) is 3.95. The second kappa shape index (κ2) is 7.01. The molecule has 2 rings (SSSR count). The highest BCUT2D eigenvalue weighted by Crippen LogP contribution is 2.05. The van der Waals surface area contributed by atoms with E-state index in [-0.39, 0.29) is 5.91 Å². The van der Waals surface area contributed by atoms with Crippen LogP contribution in [0.25, 0.3) is 0 Å². The van der Waals surface area contributed by atoms with Gasteiger partial charge in [0.2, 0.25) is 0 Å². The van der Waals surface area contributed by atoms with E-state index < -0.39 is 0 Å². The lowest BCUT2D eigenvalue weighted by Gasteiger charge is -2.02. The number of carbonyl (C=O) groups is 1. The number of hydrogen-bond acceptors (Lipinski definition) is 2. The summed E-state index contributed by atoms with van der Waals surface area (Å²) in [6.45, 7) is 0.454. The molecule has 0 radical (unpaired) electrons. The Morgan fingerprint density at radius 2 is 1.63 bits per heavy atom. The predicted octanol–water partition coefficient (Wildman–Crippen LogP) is 3.36. The van der Waals surface area contributed by atoms with Gasteiger partial charge in [0.25, 0.3) is 5.91 Å². The molecule has 0 saturated carbocycles. The SMILES string of the molecule is O=C(C=COCc1ccccc1)Nc1ccccc1. The largest absolute Gasteiger partial charge is 0.496 e. The highest BCUT2D eigenvalue weighted by Gasteiger charge is 1.96. The van der Waals surface area contributed by atoms with Gasteiger partial charge in [0.15, 0.2) is 0 Å². The van der Waals surface area contributed by atoms with Crippen molar-refractivity contribution in [3.8, 4) is 0 Å². The van der Waals surface area contributed by atoms with E-state index in [2.05, 4.69) is 5.32 Å². The smallest absolute Gasteiger partial charge is 0.251 e. The fourth-order valence-electron chi connectivity index (χ4n) is 1.53. The van der Waals surface area contributed by atoms with Crippen LogP contribution in [0.5, 0.6) is 0 Å². The molecule has 0 heterocycles. The molecular weight excluding hydrogens is 238 g/mol. The molecular formula is C16H15NO2. The van der Waals surface area contributed by atoms with E-state index in [1.165, 1.54) is 12.3 Å². The van der Waals surface area contributed by atoms with E-state index in [4.69, 9.17) is 4.74 Å². The van der Waals surface area contributed by atoms with E-state index in [1.807, 2.05) is 60.7 Å². The van der Waals surface area contributed by atoms with Crippen molar-refractivity contribution in [2.45, 2.75) is 6.61 Å². The third-order valence-corrected chi connectivity index (χ3v) is 2.45. The third-order valence-electron chi connectivity index (χ3n) is 2.45. The number of benzene rings is 2. The number of anilines is 1. The van der Waals surface area contributed by atoms with Crippen LogP contribution in [0.4, 0.5) is 5.69 Å². The molecule has 3 nitrogen and oxygen atoms in total. The van der Waals surface area contributed by atoms with Gasteiger partial charge in [0, 0.05) is 11.8 Å². The zero-order valence-electron chi connectivity index (χ0n) is 10.5. The summed E-state index contributed by atoms with van der Waals surface area (Å²) in [4.78, 5) is 11.5. The number of nitrogens with one attached hydrogen (secondary N) is 1. The van der Waals surface area contributed by atoms with Gasteiger partial charge in [-0.25, -0.2) is 0 Å². The molecule has 0 spiro atoms. The van der Waals surface area contributed by atoms with Crippen molar-refractivity contribution in [3.63, 3.8) is 0 Å². The predicted molar refractivity (Wildman–Crippen MR) is 75.4 cm³/mol. The molecule has 0 aliphatic rings. The Morgan fingerprint density at radius 1 is 1.00 bits per heavy atom. The van der Waals surface area contributed by atoms with Crippen LogP contribution in [0.1, 0.15) is 5.56 Å². The molecule has 0 bridgehead atoms. The number of para-hydroxylation sites is 1. The molecule has 19 heavy (non-hydrogen) atoms. The van der Waals surface area contributed by atoms with Gasteiger partial charge in [-0.3, -0.25) is 4.79 Å². The van der Waals surface area contributed by atoms with E-state index in [1.54, 1.807) is 0 Å². The first-order valence-corrected chi connectivity index (χ1v) is 6.03. The minimum atomic E-state index is -0.209. The molecule has 2 aromatic rings. The molecule has 2 aromatic carbocycles. The molecule has 0 aliphatic heterocycles. The summed E-state index contributed by atoms with van der Waals surface area (Å²) in [7, 11) is 0. The quantitative estimate of drug-likeness (QED) is 0.655. The van der Waals surface area contributed by atoms with Crippen molar-refractivity contribution in [1.29, 1.82) is 0 Å². The van der Waals surface area contributed by atoms with Crippen molar-refractivity contribution in [3.05, 3.63) is 78.6 Å². The average Bonchev–Trinajstić information content (AvgIpc) is 2.46. The summed E-state index contributed by atoms with van der Waals surface area (Å²) in [6.07, 6.45) is 2.78. The van der Waals surface area contributed by atoms with Gasteiger partial charge in [0.1, 0.15) is 6.61 Å². The van der Waals surface area contributed by atoms with Crippen LogP contribution in [-0.2, 0) is 16.1 Å². The normalized spacial score (nSPS) is 10.3. The Hall–Kier alpha value is -2.55. The lowest BCUT2D eigenvalue weighted by Crippen LogP contribution is -2.07. The minimum absolute atomic E-state index is 0.209. The topological polar surface area (TPSA) is 38.3 Å². The van der Waals surface area contributed by atoms with Crippen LogP contribution in [0.2, 0.25) is 0 Å². The maximum Gasteiger partial charge on any atom is 0.251 e. The molecule has 0 aliphatic carbocycles.